The van der Waals surface area contributed by atoms with Crippen LogP contribution in [0.15, 0.2) is 48.5 Å². The van der Waals surface area contributed by atoms with Crippen molar-refractivity contribution in [3.8, 4) is 0 Å². The van der Waals surface area contributed by atoms with Crippen LogP contribution in [0.3, 0.4) is 0 Å². The summed E-state index contributed by atoms with van der Waals surface area (Å²) in [7, 11) is 0. The van der Waals surface area contributed by atoms with E-state index in [1.54, 1.807) is 43.3 Å². The van der Waals surface area contributed by atoms with E-state index in [9.17, 15) is 18.4 Å². The van der Waals surface area contributed by atoms with Gasteiger partial charge in [0, 0.05) is 24.4 Å². The Morgan fingerprint density at radius 1 is 0.967 bits per heavy atom. The number of amides is 2. The molecule has 2 rings (SSSR count). The summed E-state index contributed by atoms with van der Waals surface area (Å²) in [4.78, 5) is 26.9. The lowest BCUT2D eigenvalue weighted by Crippen LogP contribution is -2.48. The Labute approximate surface area is 181 Å². The predicted octanol–water partition coefficient (Wildman–Crippen LogP) is 4.39. The molecule has 0 aliphatic rings. The Kier molecular flexibility index (Phi) is 9.30. The van der Waals surface area contributed by atoms with E-state index in [-0.39, 0.29) is 35.8 Å². The van der Waals surface area contributed by atoms with Crippen LogP contribution in [0.5, 0.6) is 0 Å². The molecule has 0 aromatic heterocycles. The fourth-order valence-corrected chi connectivity index (χ4v) is 3.69. The first-order valence-corrected chi connectivity index (χ1v) is 11.1. The van der Waals surface area contributed by atoms with Crippen LogP contribution in [0.2, 0.25) is 0 Å². The van der Waals surface area contributed by atoms with Crippen LogP contribution in [0.25, 0.3) is 0 Å². The zero-order chi connectivity index (χ0) is 22.1. The number of thioether (sulfide) groups is 1. The minimum absolute atomic E-state index is 0.0119. The third kappa shape index (κ3) is 7.13. The summed E-state index contributed by atoms with van der Waals surface area (Å²) in [5, 5.41) is 2.82. The van der Waals surface area contributed by atoms with Crippen LogP contribution in [-0.4, -0.2) is 35.1 Å². The van der Waals surface area contributed by atoms with Gasteiger partial charge in [0.2, 0.25) is 11.8 Å². The highest BCUT2D eigenvalue weighted by atomic mass is 32.2. The highest BCUT2D eigenvalue weighted by Gasteiger charge is 2.26. The first kappa shape index (κ1) is 23.9. The van der Waals surface area contributed by atoms with E-state index in [2.05, 4.69) is 5.32 Å². The molecule has 0 saturated carbocycles. The van der Waals surface area contributed by atoms with E-state index in [0.717, 1.165) is 0 Å². The molecule has 0 fully saturated rings. The van der Waals surface area contributed by atoms with Gasteiger partial charge in [-0.25, -0.2) is 8.78 Å². The maximum absolute atomic E-state index is 14.2. The minimum Gasteiger partial charge on any atom is -0.354 e. The molecule has 0 heterocycles. The van der Waals surface area contributed by atoms with Gasteiger partial charge in [0.05, 0.1) is 5.75 Å². The van der Waals surface area contributed by atoms with Gasteiger partial charge in [-0.3, -0.25) is 9.59 Å². The molecule has 0 spiro atoms. The van der Waals surface area contributed by atoms with Crippen LogP contribution in [0.1, 0.15) is 31.9 Å². The van der Waals surface area contributed by atoms with E-state index in [4.69, 9.17) is 0 Å². The van der Waals surface area contributed by atoms with Gasteiger partial charge in [0.1, 0.15) is 17.7 Å². The van der Waals surface area contributed by atoms with Crippen molar-refractivity contribution >= 4 is 23.6 Å². The van der Waals surface area contributed by atoms with E-state index in [1.165, 1.54) is 28.8 Å². The van der Waals surface area contributed by atoms with Crippen LogP contribution in [-0.2, 0) is 21.9 Å². The molecule has 1 unspecified atom stereocenters. The van der Waals surface area contributed by atoms with Gasteiger partial charge in [-0.15, -0.1) is 11.8 Å². The molecule has 0 aliphatic carbocycles. The average molecular weight is 435 g/mol. The third-order valence-electron chi connectivity index (χ3n) is 4.59. The van der Waals surface area contributed by atoms with Gasteiger partial charge in [-0.05, 0) is 30.5 Å². The van der Waals surface area contributed by atoms with Crippen molar-refractivity contribution < 1.29 is 18.4 Å². The molecule has 1 atom stereocenters. The van der Waals surface area contributed by atoms with Gasteiger partial charge >= 0.3 is 0 Å². The predicted molar refractivity (Wildman–Crippen MR) is 117 cm³/mol. The number of nitrogens with one attached hydrogen (secondary N) is 1. The largest absolute Gasteiger partial charge is 0.354 e. The standard InChI is InChI=1S/C23H28F2N2O2S/c1-16(2)12-26-23(29)17(3)27(13-18-8-4-6-10-20(18)24)22(28)15-30-14-19-9-5-7-11-21(19)25/h4-11,16-17H,12-15H2,1-3H3,(H,26,29). The Balaban J connectivity index is 2.08. The van der Waals surface area contributed by atoms with Crippen molar-refractivity contribution in [3.63, 3.8) is 0 Å². The van der Waals surface area contributed by atoms with Crippen molar-refractivity contribution in [1.29, 1.82) is 0 Å². The van der Waals surface area contributed by atoms with Gasteiger partial charge in [-0.1, -0.05) is 50.2 Å². The zero-order valence-corrected chi connectivity index (χ0v) is 18.3. The smallest absolute Gasteiger partial charge is 0.242 e. The molecule has 0 saturated heterocycles. The Morgan fingerprint density at radius 3 is 2.10 bits per heavy atom. The molecular formula is C23H28F2N2O2S. The monoisotopic (exact) mass is 434 g/mol. The fourth-order valence-electron chi connectivity index (χ4n) is 2.79. The Morgan fingerprint density at radius 2 is 1.53 bits per heavy atom. The van der Waals surface area contributed by atoms with Crippen LogP contribution in [0.4, 0.5) is 8.78 Å². The quantitative estimate of drug-likeness (QED) is 0.604. The molecule has 2 amide bonds. The maximum Gasteiger partial charge on any atom is 0.242 e. The highest BCUT2D eigenvalue weighted by Crippen LogP contribution is 2.18. The summed E-state index contributed by atoms with van der Waals surface area (Å²) >= 11 is 1.26. The molecular weight excluding hydrogens is 406 g/mol. The normalized spacial score (nSPS) is 11.9. The van der Waals surface area contributed by atoms with Gasteiger partial charge in [-0.2, -0.15) is 0 Å². The average Bonchev–Trinajstić information content (AvgIpc) is 2.72. The lowest BCUT2D eigenvalue weighted by atomic mass is 10.1. The molecule has 1 N–H and O–H groups in total. The number of carbonyl (C=O) groups excluding carboxylic acids is 2. The number of carbonyl (C=O) groups is 2. The number of hydrogen-bond donors (Lipinski definition) is 1. The maximum atomic E-state index is 14.2. The summed E-state index contributed by atoms with van der Waals surface area (Å²) in [5.74, 6) is -0.663. The number of hydrogen-bond acceptors (Lipinski definition) is 3. The first-order chi connectivity index (χ1) is 14.3. The van der Waals surface area contributed by atoms with Crippen LogP contribution < -0.4 is 5.32 Å². The summed E-state index contributed by atoms with van der Waals surface area (Å²) in [6.45, 7) is 6.07. The van der Waals surface area contributed by atoms with E-state index in [0.29, 0.717) is 23.4 Å². The molecule has 30 heavy (non-hydrogen) atoms. The number of rotatable bonds is 10. The van der Waals surface area contributed by atoms with Crippen molar-refractivity contribution in [1.82, 2.24) is 10.2 Å². The van der Waals surface area contributed by atoms with Gasteiger partial charge in [0.15, 0.2) is 0 Å². The molecule has 0 radical (unpaired) electrons. The number of halogens is 2. The van der Waals surface area contributed by atoms with E-state index < -0.39 is 11.9 Å². The SMILES string of the molecule is CC(C)CNC(=O)C(C)N(Cc1ccccc1F)C(=O)CSCc1ccccc1F. The minimum atomic E-state index is -0.759. The van der Waals surface area contributed by atoms with Crippen LogP contribution >= 0.6 is 11.8 Å². The molecule has 0 bridgehead atoms. The number of benzene rings is 2. The third-order valence-corrected chi connectivity index (χ3v) is 5.56. The second kappa shape index (κ2) is 11.7. The summed E-state index contributed by atoms with van der Waals surface area (Å²) < 4.78 is 27.9. The lowest BCUT2D eigenvalue weighted by molar-refractivity contribution is -0.138. The fraction of sp³-hybridized carbons (Fsp3) is 0.391. The van der Waals surface area contributed by atoms with Crippen LogP contribution in [0, 0.1) is 17.6 Å². The Bertz CT molecular complexity index is 861. The zero-order valence-electron chi connectivity index (χ0n) is 17.5. The van der Waals surface area contributed by atoms with Crippen molar-refractivity contribution in [2.75, 3.05) is 12.3 Å². The Hall–Kier alpha value is -2.41. The van der Waals surface area contributed by atoms with Gasteiger partial charge < -0.3 is 10.2 Å². The lowest BCUT2D eigenvalue weighted by Gasteiger charge is -2.29. The van der Waals surface area contributed by atoms with Crippen molar-refractivity contribution in [3.05, 3.63) is 71.3 Å². The molecule has 162 valence electrons. The van der Waals surface area contributed by atoms with Crippen molar-refractivity contribution in [2.24, 2.45) is 5.92 Å². The second-order valence-corrected chi connectivity index (χ2v) is 8.50. The molecule has 7 heteroatoms. The molecule has 2 aromatic carbocycles. The molecule has 4 nitrogen and oxygen atoms in total. The van der Waals surface area contributed by atoms with Gasteiger partial charge in [0.25, 0.3) is 0 Å². The first-order valence-electron chi connectivity index (χ1n) is 9.91. The summed E-state index contributed by atoms with van der Waals surface area (Å²) in [6.07, 6.45) is 0. The topological polar surface area (TPSA) is 49.4 Å². The van der Waals surface area contributed by atoms with Crippen molar-refractivity contribution in [2.45, 2.75) is 39.1 Å². The summed E-state index contributed by atoms with van der Waals surface area (Å²) in [6, 6.07) is 11.8. The number of nitrogens with zero attached hydrogens (tertiary/aromatic N) is 1. The molecule has 0 aliphatic heterocycles. The van der Waals surface area contributed by atoms with E-state index >= 15 is 0 Å². The molecule has 2 aromatic rings. The summed E-state index contributed by atoms with van der Waals surface area (Å²) in [5.41, 5.74) is 0.854. The highest BCUT2D eigenvalue weighted by molar-refractivity contribution is 7.99. The second-order valence-electron chi connectivity index (χ2n) is 7.51. The van der Waals surface area contributed by atoms with E-state index in [1.807, 2.05) is 13.8 Å².